The van der Waals surface area contributed by atoms with E-state index in [1.165, 1.54) is 0 Å². The van der Waals surface area contributed by atoms with Crippen molar-refractivity contribution in [3.63, 3.8) is 0 Å². The van der Waals surface area contributed by atoms with Gasteiger partial charge in [-0.2, -0.15) is 0 Å². The molecule has 0 atom stereocenters. The molecule has 1 aromatic carbocycles. The number of carbonyl (C=O) groups excluding carboxylic acids is 1. The minimum atomic E-state index is -0.288. The number of rotatable bonds is 4. The Balaban J connectivity index is 1.90. The molecule has 2 rings (SSSR count). The Kier molecular flexibility index (Phi) is 3.98. The van der Waals surface area contributed by atoms with Crippen LogP contribution in [0.5, 0.6) is 0 Å². The van der Waals surface area contributed by atoms with Gasteiger partial charge in [-0.25, -0.2) is 0 Å². The van der Waals surface area contributed by atoms with Gasteiger partial charge >= 0.3 is 0 Å². The number of nitrogens with two attached hydrogens (primary N) is 1. The molecule has 0 aliphatic carbocycles. The van der Waals surface area contributed by atoms with Gasteiger partial charge in [0.05, 0.1) is 6.42 Å². The molecule has 4 nitrogen and oxygen atoms in total. The van der Waals surface area contributed by atoms with E-state index in [1.54, 1.807) is 0 Å². The monoisotopic (exact) mass is 233 g/mol. The molecule has 0 bridgehead atoms. The van der Waals surface area contributed by atoms with Crippen LogP contribution in [0.1, 0.15) is 18.4 Å². The van der Waals surface area contributed by atoms with Crippen molar-refractivity contribution in [3.05, 3.63) is 29.8 Å². The molecular weight excluding hydrogens is 214 g/mol. The van der Waals surface area contributed by atoms with Gasteiger partial charge in [0.1, 0.15) is 0 Å². The Hall–Kier alpha value is -1.55. The number of nitrogens with one attached hydrogen (secondary N) is 2. The van der Waals surface area contributed by atoms with Crippen molar-refractivity contribution in [2.75, 3.05) is 18.4 Å². The zero-order valence-corrected chi connectivity index (χ0v) is 9.91. The fraction of sp³-hybridized carbons (Fsp3) is 0.462. The molecule has 17 heavy (non-hydrogen) atoms. The Labute approximate surface area is 102 Å². The number of hydrogen-bond acceptors (Lipinski definition) is 3. The predicted octanol–water partition coefficient (Wildman–Crippen LogP) is 0.878. The van der Waals surface area contributed by atoms with Crippen molar-refractivity contribution in [1.29, 1.82) is 0 Å². The van der Waals surface area contributed by atoms with Gasteiger partial charge in [0.25, 0.3) is 0 Å². The van der Waals surface area contributed by atoms with E-state index in [9.17, 15) is 4.79 Å². The number of piperidine rings is 1. The summed E-state index contributed by atoms with van der Waals surface area (Å²) in [6.45, 7) is 2.16. The fourth-order valence-corrected chi connectivity index (χ4v) is 2.12. The summed E-state index contributed by atoms with van der Waals surface area (Å²) in [4.78, 5) is 10.8. The average molecular weight is 233 g/mol. The van der Waals surface area contributed by atoms with E-state index in [1.807, 2.05) is 24.3 Å². The summed E-state index contributed by atoms with van der Waals surface area (Å²) >= 11 is 0. The first-order chi connectivity index (χ1) is 8.24. The molecule has 1 heterocycles. The molecule has 0 unspecified atom stereocenters. The van der Waals surface area contributed by atoms with E-state index in [0.29, 0.717) is 12.5 Å². The van der Waals surface area contributed by atoms with Crippen molar-refractivity contribution in [3.8, 4) is 0 Å². The third-order valence-electron chi connectivity index (χ3n) is 3.04. The topological polar surface area (TPSA) is 67.2 Å². The van der Waals surface area contributed by atoms with E-state index in [-0.39, 0.29) is 5.91 Å². The van der Waals surface area contributed by atoms with Crippen molar-refractivity contribution in [2.24, 2.45) is 5.73 Å². The van der Waals surface area contributed by atoms with E-state index in [2.05, 4.69) is 10.6 Å². The highest BCUT2D eigenvalue weighted by molar-refractivity contribution is 5.76. The maximum Gasteiger partial charge on any atom is 0.221 e. The van der Waals surface area contributed by atoms with Crippen LogP contribution in [0.25, 0.3) is 0 Å². The van der Waals surface area contributed by atoms with Crippen LogP contribution in [-0.2, 0) is 11.2 Å². The summed E-state index contributed by atoms with van der Waals surface area (Å²) in [5.41, 5.74) is 7.23. The summed E-state index contributed by atoms with van der Waals surface area (Å²) in [6.07, 6.45) is 2.62. The molecule has 1 aliphatic heterocycles. The van der Waals surface area contributed by atoms with Gasteiger partial charge in [-0.15, -0.1) is 0 Å². The highest BCUT2D eigenvalue weighted by Gasteiger charge is 2.12. The van der Waals surface area contributed by atoms with Crippen molar-refractivity contribution in [1.82, 2.24) is 5.32 Å². The fourth-order valence-electron chi connectivity index (χ4n) is 2.12. The highest BCUT2D eigenvalue weighted by Crippen LogP contribution is 2.14. The minimum absolute atomic E-state index is 0.288. The Bertz CT molecular complexity index is 369. The Morgan fingerprint density at radius 3 is 2.53 bits per heavy atom. The summed E-state index contributed by atoms with van der Waals surface area (Å²) in [5, 5.41) is 6.85. The van der Waals surface area contributed by atoms with Gasteiger partial charge in [-0.05, 0) is 43.6 Å². The van der Waals surface area contributed by atoms with Gasteiger partial charge in [0.15, 0.2) is 0 Å². The van der Waals surface area contributed by atoms with E-state index in [4.69, 9.17) is 5.73 Å². The third kappa shape index (κ3) is 3.75. The lowest BCUT2D eigenvalue weighted by atomic mass is 10.1. The number of hydrogen-bond donors (Lipinski definition) is 3. The molecule has 1 amide bonds. The summed E-state index contributed by atoms with van der Waals surface area (Å²) < 4.78 is 0. The number of primary amides is 1. The Morgan fingerprint density at radius 2 is 1.94 bits per heavy atom. The molecule has 0 radical (unpaired) electrons. The molecule has 0 spiro atoms. The Morgan fingerprint density at radius 1 is 1.29 bits per heavy atom. The maximum absolute atomic E-state index is 10.8. The van der Waals surface area contributed by atoms with Crippen LogP contribution in [0, 0.1) is 0 Å². The second-order valence-corrected chi connectivity index (χ2v) is 4.51. The summed E-state index contributed by atoms with van der Waals surface area (Å²) in [7, 11) is 0. The lowest BCUT2D eigenvalue weighted by Crippen LogP contribution is -2.35. The summed E-state index contributed by atoms with van der Waals surface area (Å²) in [5.74, 6) is -0.288. The van der Waals surface area contributed by atoms with Crippen LogP contribution in [-0.4, -0.2) is 25.0 Å². The first kappa shape index (κ1) is 11.9. The first-order valence-corrected chi connectivity index (χ1v) is 6.08. The molecule has 4 N–H and O–H groups in total. The zero-order valence-electron chi connectivity index (χ0n) is 9.91. The van der Waals surface area contributed by atoms with E-state index in [0.717, 1.165) is 37.2 Å². The SMILES string of the molecule is NC(=O)Cc1ccc(NC2CCNCC2)cc1. The maximum atomic E-state index is 10.8. The molecule has 0 saturated carbocycles. The van der Waals surface area contributed by atoms with Crippen LogP contribution in [0.3, 0.4) is 0 Å². The standard InChI is InChI=1S/C13H19N3O/c14-13(17)9-10-1-3-11(4-2-10)16-12-5-7-15-8-6-12/h1-4,12,15-16H,5-9H2,(H2,14,17). The number of benzene rings is 1. The minimum Gasteiger partial charge on any atom is -0.382 e. The van der Waals surface area contributed by atoms with Crippen LogP contribution in [0.4, 0.5) is 5.69 Å². The number of amides is 1. The zero-order chi connectivity index (χ0) is 12.1. The third-order valence-corrected chi connectivity index (χ3v) is 3.04. The average Bonchev–Trinajstić information content (AvgIpc) is 2.32. The second-order valence-electron chi connectivity index (χ2n) is 4.51. The van der Waals surface area contributed by atoms with Crippen molar-refractivity contribution >= 4 is 11.6 Å². The van der Waals surface area contributed by atoms with Gasteiger partial charge in [-0.3, -0.25) is 4.79 Å². The molecular formula is C13H19N3O. The number of anilines is 1. The molecule has 92 valence electrons. The van der Waals surface area contributed by atoms with Gasteiger partial charge in [0.2, 0.25) is 5.91 Å². The molecule has 1 fully saturated rings. The van der Waals surface area contributed by atoms with Gasteiger partial charge in [0, 0.05) is 11.7 Å². The van der Waals surface area contributed by atoms with Crippen LogP contribution in [0.15, 0.2) is 24.3 Å². The smallest absolute Gasteiger partial charge is 0.221 e. The molecule has 1 aliphatic rings. The van der Waals surface area contributed by atoms with Crippen molar-refractivity contribution < 1.29 is 4.79 Å². The lowest BCUT2D eigenvalue weighted by molar-refractivity contribution is -0.117. The highest BCUT2D eigenvalue weighted by atomic mass is 16.1. The number of carbonyl (C=O) groups is 1. The normalized spacial score (nSPS) is 16.7. The van der Waals surface area contributed by atoms with Gasteiger partial charge in [-0.1, -0.05) is 12.1 Å². The molecule has 4 heteroatoms. The van der Waals surface area contributed by atoms with E-state index >= 15 is 0 Å². The van der Waals surface area contributed by atoms with Crippen molar-refractivity contribution in [2.45, 2.75) is 25.3 Å². The first-order valence-electron chi connectivity index (χ1n) is 6.08. The summed E-state index contributed by atoms with van der Waals surface area (Å²) in [6, 6.07) is 8.49. The van der Waals surface area contributed by atoms with Crippen LogP contribution >= 0.6 is 0 Å². The van der Waals surface area contributed by atoms with Crippen LogP contribution < -0.4 is 16.4 Å². The predicted molar refractivity (Wildman–Crippen MR) is 68.9 cm³/mol. The molecule has 0 aromatic heterocycles. The quantitative estimate of drug-likeness (QED) is 0.723. The second kappa shape index (κ2) is 5.68. The van der Waals surface area contributed by atoms with Gasteiger partial charge < -0.3 is 16.4 Å². The molecule has 1 aromatic rings. The van der Waals surface area contributed by atoms with E-state index < -0.39 is 0 Å². The lowest BCUT2D eigenvalue weighted by Gasteiger charge is -2.24. The molecule has 1 saturated heterocycles. The van der Waals surface area contributed by atoms with Crippen LogP contribution in [0.2, 0.25) is 0 Å². The largest absolute Gasteiger partial charge is 0.382 e.